The van der Waals surface area contributed by atoms with Crippen LogP contribution in [0.3, 0.4) is 0 Å². The van der Waals surface area contributed by atoms with Crippen LogP contribution in [-0.2, 0) is 0 Å². The molecule has 1 aliphatic carbocycles. The Kier molecular flexibility index (Phi) is 4.57. The van der Waals surface area contributed by atoms with Gasteiger partial charge in [-0.2, -0.15) is 12.8 Å². The quantitative estimate of drug-likeness (QED) is 0.578. The molecule has 0 bridgehead atoms. The molecule has 0 aromatic heterocycles. The minimum Gasteiger partial charge on any atom is -0.386 e. The molecule has 0 spiro atoms. The fraction of sp³-hybridized carbons (Fsp3) is 0.625. The van der Waals surface area contributed by atoms with Crippen molar-refractivity contribution in [3.05, 3.63) is 19.3 Å². The van der Waals surface area contributed by atoms with Gasteiger partial charge < -0.3 is 32.1 Å². The second-order valence-corrected chi connectivity index (χ2v) is 2.27. The first-order chi connectivity index (χ1) is 4.00. The Labute approximate surface area is 52.3 Å². The maximum absolute atomic E-state index is 2.37. The van der Waals surface area contributed by atoms with Crippen molar-refractivity contribution < 1.29 is 0 Å². The van der Waals surface area contributed by atoms with Crippen LogP contribution < -0.4 is 0 Å². The predicted molar refractivity (Wildman–Crippen MR) is 36.0 cm³/mol. The van der Waals surface area contributed by atoms with Gasteiger partial charge in [0, 0.05) is 0 Å². The van der Waals surface area contributed by atoms with Crippen LogP contribution >= 0.6 is 0 Å². The molecule has 1 aliphatic rings. The Hall–Kier alpha value is -1.00. The maximum atomic E-state index is 2.37. The average molecular weight is 367 g/mol. The summed E-state index contributed by atoms with van der Waals surface area (Å²) in [6, 6.07) is 0. The summed E-state index contributed by atoms with van der Waals surface area (Å²) in [6.45, 7) is 0. The van der Waals surface area contributed by atoms with Gasteiger partial charge in [0.05, 0.1) is 0 Å². The molecule has 1 heteroatoms. The molecule has 0 aromatic rings. The van der Waals surface area contributed by atoms with E-state index in [9.17, 15) is 0 Å². The Bertz CT molecular complexity index is 28.5. The zero-order valence-corrected chi connectivity index (χ0v) is 7.85. The summed E-state index contributed by atoms with van der Waals surface area (Å²) in [4.78, 5) is 0. The monoisotopic (exact) mass is 367 g/mol. The van der Waals surface area contributed by atoms with Gasteiger partial charge >= 0.3 is 0 Å². The fourth-order valence-electron chi connectivity index (χ4n) is 0.974. The number of hydrogen-bond acceptors (Lipinski definition) is 0. The van der Waals surface area contributed by atoms with E-state index in [1.54, 1.807) is 0 Å². The summed E-state index contributed by atoms with van der Waals surface area (Å²) in [5.41, 5.74) is 0. The minimum absolute atomic E-state index is 0. The molecular weight excluding hydrogens is 354 g/mol. The molecule has 1 fully saturated rings. The van der Waals surface area contributed by atoms with Gasteiger partial charge in [0.25, 0.3) is 0 Å². The topological polar surface area (TPSA) is 0 Å². The standard InChI is InChI=1S/C8H13.Md/c1-2-4-6-8-7-5-3-1;/h1,4-5H,2-3,6-8H2;/q-3;. The molecule has 0 nitrogen and oxygen atoms in total. The van der Waals surface area contributed by atoms with Crippen LogP contribution in [0.25, 0.3) is 0 Å². The molecular formula is C8H13Md-3. The molecule has 0 unspecified atom stereocenters. The smallest absolute Gasteiger partial charge is 0 e. The Morgan fingerprint density at radius 2 is 1.33 bits per heavy atom. The van der Waals surface area contributed by atoms with E-state index < -0.39 is 0 Å². The molecule has 0 saturated heterocycles. The summed E-state index contributed by atoms with van der Waals surface area (Å²) < 4.78 is 0. The van der Waals surface area contributed by atoms with E-state index in [0.717, 1.165) is 0 Å². The van der Waals surface area contributed by atoms with E-state index >= 15 is 0 Å². The molecule has 0 heterocycles. The van der Waals surface area contributed by atoms with Crippen molar-refractivity contribution in [2.45, 2.75) is 32.1 Å². The van der Waals surface area contributed by atoms with Gasteiger partial charge in [-0.15, -0.1) is 6.42 Å². The fourth-order valence-corrected chi connectivity index (χ4v) is 0.974. The second kappa shape index (κ2) is 5.14. The molecule has 1 radical (unpaired) electrons. The van der Waals surface area contributed by atoms with Crippen molar-refractivity contribution in [2.75, 3.05) is 0 Å². The molecule has 61 valence electrons. The summed E-state index contributed by atoms with van der Waals surface area (Å²) in [5.74, 6) is 0. The third-order valence-electron chi connectivity index (χ3n) is 1.48. The Morgan fingerprint density at radius 1 is 0.778 bits per heavy atom. The van der Waals surface area contributed by atoms with E-state index in [0.29, 0.717) is 0 Å². The maximum Gasteiger partial charge on any atom is 0 e. The van der Waals surface area contributed by atoms with Crippen LogP contribution in [0.15, 0.2) is 0 Å². The van der Waals surface area contributed by atoms with E-state index in [1.165, 1.54) is 32.1 Å². The molecule has 9 heavy (non-hydrogen) atoms. The van der Waals surface area contributed by atoms with Crippen LogP contribution in [0, 0.1) is 19.3 Å². The van der Waals surface area contributed by atoms with Gasteiger partial charge in [-0.1, -0.05) is 0 Å². The SMILES string of the molecule is [CH-]1C[CH-]CCC[CH-]C1.[Md]. The number of hydrogen-bond donors (Lipinski definition) is 0. The molecule has 0 aromatic carbocycles. The van der Waals surface area contributed by atoms with Crippen molar-refractivity contribution in [2.24, 2.45) is 0 Å². The predicted octanol–water partition coefficient (Wildman–Crippen LogP) is 2.56. The molecule has 0 N–H and O–H groups in total. The molecule has 0 aliphatic heterocycles. The Morgan fingerprint density at radius 3 is 1.89 bits per heavy atom. The second-order valence-electron chi connectivity index (χ2n) is 2.27. The Balaban J connectivity index is 0.000000640. The third-order valence-corrected chi connectivity index (χ3v) is 1.48. The van der Waals surface area contributed by atoms with Crippen LogP contribution in [0.5, 0.6) is 0 Å². The first-order valence-electron chi connectivity index (χ1n) is 3.45. The van der Waals surface area contributed by atoms with Crippen LogP contribution in [-0.4, -0.2) is 0 Å². The summed E-state index contributed by atoms with van der Waals surface area (Å²) >= 11 is 0. The van der Waals surface area contributed by atoms with Gasteiger partial charge in [-0.05, 0) is 0 Å². The first kappa shape index (κ1) is 8.00. The van der Waals surface area contributed by atoms with Crippen molar-refractivity contribution in [3.8, 4) is 0 Å². The minimum atomic E-state index is 0. The van der Waals surface area contributed by atoms with Gasteiger partial charge in [0.15, 0.2) is 0 Å². The van der Waals surface area contributed by atoms with E-state index in [2.05, 4.69) is 19.3 Å². The molecule has 1 saturated carbocycles. The first-order valence-corrected chi connectivity index (χ1v) is 3.45. The van der Waals surface area contributed by atoms with Gasteiger partial charge in [0.1, 0.15) is 0 Å². The summed E-state index contributed by atoms with van der Waals surface area (Å²) in [5, 5.41) is 0. The third kappa shape index (κ3) is 3.57. The number of rotatable bonds is 0. The largest absolute Gasteiger partial charge is 0.386 e. The van der Waals surface area contributed by atoms with Crippen LogP contribution in [0.4, 0.5) is 0 Å². The van der Waals surface area contributed by atoms with Crippen LogP contribution in [0.1, 0.15) is 32.1 Å². The zero-order valence-electron chi connectivity index (χ0n) is 5.54. The van der Waals surface area contributed by atoms with Crippen molar-refractivity contribution >= 4 is 0 Å². The molecule has 0 atom stereocenters. The molecule has 1 rings (SSSR count). The van der Waals surface area contributed by atoms with Crippen LogP contribution in [0.2, 0.25) is 0 Å². The zero-order chi connectivity index (χ0) is 5.66. The normalized spacial score (nSPS) is 21.3. The van der Waals surface area contributed by atoms with Gasteiger partial charge in [-0.25, -0.2) is 0 Å². The van der Waals surface area contributed by atoms with Crippen molar-refractivity contribution in [1.29, 1.82) is 0 Å². The van der Waals surface area contributed by atoms with E-state index in [1.807, 2.05) is 0 Å². The van der Waals surface area contributed by atoms with E-state index in [-0.39, 0.29) is 0 Å². The van der Waals surface area contributed by atoms with Gasteiger partial charge in [-0.3, -0.25) is 0 Å². The van der Waals surface area contributed by atoms with E-state index in [4.69, 9.17) is 0 Å². The summed E-state index contributed by atoms with van der Waals surface area (Å²) in [7, 11) is 0. The average Bonchev–Trinajstić information content (AvgIpc) is 1.62. The van der Waals surface area contributed by atoms with Crippen molar-refractivity contribution in [1.82, 2.24) is 0 Å². The van der Waals surface area contributed by atoms with Gasteiger partial charge in [0.2, 0.25) is 0 Å². The molecule has 0 amide bonds. The summed E-state index contributed by atoms with van der Waals surface area (Å²) in [6.07, 6.45) is 13.5. The van der Waals surface area contributed by atoms with Crippen molar-refractivity contribution in [3.63, 3.8) is 0 Å².